The fourth-order valence-electron chi connectivity index (χ4n) is 3.74. The summed E-state index contributed by atoms with van der Waals surface area (Å²) in [5.74, 6) is 2.09. The number of amides is 1. The maximum Gasteiger partial charge on any atom is 0.234 e. The van der Waals surface area contributed by atoms with Gasteiger partial charge >= 0.3 is 0 Å². The number of allylic oxidation sites excluding steroid dienone is 1. The number of aryl methyl sites for hydroxylation is 3. The van der Waals surface area contributed by atoms with Gasteiger partial charge in [-0.2, -0.15) is 0 Å². The minimum Gasteiger partial charge on any atom is -0.485 e. The molecule has 0 unspecified atom stereocenters. The molecule has 1 N–H and O–H groups in total. The minimum atomic E-state index is -0.0683. The topological polar surface area (TPSA) is 69.0 Å². The second-order valence-electron chi connectivity index (χ2n) is 8.58. The van der Waals surface area contributed by atoms with Crippen LogP contribution < -0.4 is 10.1 Å². The highest BCUT2D eigenvalue weighted by Crippen LogP contribution is 2.28. The molecular weight excluding hydrogens is 444 g/mol. The molecule has 1 amide bonds. The fraction of sp³-hybridized carbons (Fsp3) is 0.370. The summed E-state index contributed by atoms with van der Waals surface area (Å²) in [5, 5.41) is 12.4. The van der Waals surface area contributed by atoms with Gasteiger partial charge < -0.3 is 10.1 Å². The van der Waals surface area contributed by atoms with E-state index in [-0.39, 0.29) is 11.7 Å². The Hall–Kier alpha value is -3.06. The van der Waals surface area contributed by atoms with Crippen LogP contribution in [-0.4, -0.2) is 26.4 Å². The number of thioether (sulfide) groups is 1. The van der Waals surface area contributed by atoms with Crippen LogP contribution >= 0.6 is 11.8 Å². The predicted octanol–water partition coefficient (Wildman–Crippen LogP) is 6.08. The number of para-hydroxylation sites is 1. The number of carbonyl (C=O) groups is 1. The third-order valence-corrected chi connectivity index (χ3v) is 6.56. The molecule has 6 nitrogen and oxygen atoms in total. The SMILES string of the molecule is C=CCn1c(COc2cc(C)ccc2C(C)C)nnc1SCC(=O)Nc1c(C)cccc1CC. The molecule has 2 aromatic carbocycles. The first-order valence-corrected chi connectivity index (χ1v) is 12.6. The number of benzene rings is 2. The molecule has 1 aromatic heterocycles. The molecule has 0 saturated heterocycles. The molecule has 0 bridgehead atoms. The average Bonchev–Trinajstić information content (AvgIpc) is 3.19. The minimum absolute atomic E-state index is 0.0683. The Labute approximate surface area is 206 Å². The van der Waals surface area contributed by atoms with Gasteiger partial charge in [-0.1, -0.05) is 68.9 Å². The first-order chi connectivity index (χ1) is 16.3. The summed E-state index contributed by atoms with van der Waals surface area (Å²) in [6, 6.07) is 12.3. The summed E-state index contributed by atoms with van der Waals surface area (Å²) in [6.07, 6.45) is 2.66. The van der Waals surface area contributed by atoms with Crippen LogP contribution in [-0.2, 0) is 24.4 Å². The molecule has 0 spiro atoms. The Kier molecular flexibility index (Phi) is 8.93. The van der Waals surface area contributed by atoms with E-state index in [4.69, 9.17) is 4.74 Å². The van der Waals surface area contributed by atoms with E-state index in [9.17, 15) is 4.79 Å². The monoisotopic (exact) mass is 478 g/mol. The molecular formula is C27H34N4O2S. The van der Waals surface area contributed by atoms with Crippen molar-refractivity contribution in [2.24, 2.45) is 0 Å². The van der Waals surface area contributed by atoms with E-state index >= 15 is 0 Å². The molecule has 3 aromatic rings. The smallest absolute Gasteiger partial charge is 0.234 e. The fourth-order valence-corrected chi connectivity index (χ4v) is 4.51. The third-order valence-electron chi connectivity index (χ3n) is 5.59. The molecule has 3 rings (SSSR count). The molecule has 0 aliphatic rings. The van der Waals surface area contributed by atoms with Gasteiger partial charge in [0.05, 0.1) is 5.75 Å². The van der Waals surface area contributed by atoms with Gasteiger partial charge in [0.15, 0.2) is 11.0 Å². The number of hydrogen-bond acceptors (Lipinski definition) is 5. The Morgan fingerprint density at radius 2 is 2.03 bits per heavy atom. The molecule has 180 valence electrons. The number of nitrogens with zero attached hydrogens (tertiary/aromatic N) is 3. The number of carbonyl (C=O) groups excluding carboxylic acids is 1. The highest BCUT2D eigenvalue weighted by Gasteiger charge is 2.16. The highest BCUT2D eigenvalue weighted by atomic mass is 32.2. The molecule has 7 heteroatoms. The number of nitrogens with one attached hydrogen (secondary N) is 1. The van der Waals surface area contributed by atoms with Crippen LogP contribution in [0.15, 0.2) is 54.2 Å². The summed E-state index contributed by atoms with van der Waals surface area (Å²) < 4.78 is 8.11. The van der Waals surface area contributed by atoms with E-state index in [0.717, 1.165) is 40.1 Å². The Morgan fingerprint density at radius 1 is 1.24 bits per heavy atom. The van der Waals surface area contributed by atoms with E-state index in [2.05, 4.69) is 68.0 Å². The molecule has 34 heavy (non-hydrogen) atoms. The van der Waals surface area contributed by atoms with Gasteiger partial charge in [-0.3, -0.25) is 9.36 Å². The van der Waals surface area contributed by atoms with E-state index in [1.54, 1.807) is 6.08 Å². The van der Waals surface area contributed by atoms with Gasteiger partial charge in [0.25, 0.3) is 0 Å². The number of anilines is 1. The molecule has 0 aliphatic heterocycles. The van der Waals surface area contributed by atoms with Gasteiger partial charge in [-0.05, 0) is 54.5 Å². The zero-order chi connectivity index (χ0) is 24.7. The van der Waals surface area contributed by atoms with Gasteiger partial charge in [0.2, 0.25) is 5.91 Å². The Morgan fingerprint density at radius 3 is 2.74 bits per heavy atom. The third kappa shape index (κ3) is 6.29. The van der Waals surface area contributed by atoms with E-state index in [0.29, 0.717) is 30.1 Å². The molecule has 0 atom stereocenters. The zero-order valence-corrected chi connectivity index (χ0v) is 21.5. The molecule has 0 aliphatic carbocycles. The van der Waals surface area contributed by atoms with Crippen molar-refractivity contribution in [2.75, 3.05) is 11.1 Å². The maximum atomic E-state index is 12.7. The molecule has 1 heterocycles. The van der Waals surface area contributed by atoms with Crippen LogP contribution in [0.25, 0.3) is 0 Å². The number of hydrogen-bond donors (Lipinski definition) is 1. The van der Waals surface area contributed by atoms with Gasteiger partial charge in [-0.15, -0.1) is 16.8 Å². The van der Waals surface area contributed by atoms with Crippen LogP contribution in [0.4, 0.5) is 5.69 Å². The summed E-state index contributed by atoms with van der Waals surface area (Å²) in [7, 11) is 0. The quantitative estimate of drug-likeness (QED) is 0.267. The Balaban J connectivity index is 1.69. The Bertz CT molecular complexity index is 1150. The van der Waals surface area contributed by atoms with Crippen molar-refractivity contribution in [3.8, 4) is 5.75 Å². The van der Waals surface area contributed by atoms with Crippen molar-refractivity contribution in [2.45, 2.75) is 65.3 Å². The molecule has 0 fully saturated rings. The van der Waals surface area contributed by atoms with Gasteiger partial charge in [0.1, 0.15) is 12.4 Å². The van der Waals surface area contributed by atoms with Crippen molar-refractivity contribution in [3.63, 3.8) is 0 Å². The second kappa shape index (κ2) is 11.9. The summed E-state index contributed by atoms with van der Waals surface area (Å²) >= 11 is 1.36. The molecule has 0 saturated carbocycles. The van der Waals surface area contributed by atoms with Crippen molar-refractivity contribution in [3.05, 3.63) is 77.1 Å². The lowest BCUT2D eigenvalue weighted by Crippen LogP contribution is -2.17. The second-order valence-corrected chi connectivity index (χ2v) is 9.52. The van der Waals surface area contributed by atoms with Crippen molar-refractivity contribution in [1.82, 2.24) is 14.8 Å². The number of ether oxygens (including phenoxy) is 1. The van der Waals surface area contributed by atoms with Crippen LogP contribution in [0, 0.1) is 13.8 Å². The molecule has 0 radical (unpaired) electrons. The normalized spacial score (nSPS) is 11.0. The van der Waals surface area contributed by atoms with Crippen LogP contribution in [0.3, 0.4) is 0 Å². The zero-order valence-electron chi connectivity index (χ0n) is 20.7. The summed E-state index contributed by atoms with van der Waals surface area (Å²) in [6.45, 7) is 15.1. The predicted molar refractivity (Wildman–Crippen MR) is 140 cm³/mol. The summed E-state index contributed by atoms with van der Waals surface area (Å²) in [5.41, 5.74) is 5.40. The van der Waals surface area contributed by atoms with Crippen molar-refractivity contribution in [1.29, 1.82) is 0 Å². The van der Waals surface area contributed by atoms with E-state index < -0.39 is 0 Å². The first-order valence-electron chi connectivity index (χ1n) is 11.6. The van der Waals surface area contributed by atoms with Gasteiger partial charge in [0, 0.05) is 12.2 Å². The average molecular weight is 479 g/mol. The lowest BCUT2D eigenvalue weighted by Gasteiger charge is -2.15. The van der Waals surface area contributed by atoms with Crippen molar-refractivity contribution >= 4 is 23.4 Å². The van der Waals surface area contributed by atoms with Crippen LogP contribution in [0.1, 0.15) is 54.8 Å². The standard InChI is InChI=1S/C27H34N4O2S/c1-7-14-31-24(16-33-23-15-19(5)12-13-22(23)18(3)4)29-30-27(31)34-17-25(32)28-26-20(6)10-9-11-21(26)8-2/h7,9-13,15,18H,1,8,14,16-17H2,2-6H3,(H,28,32). The largest absolute Gasteiger partial charge is 0.485 e. The lowest BCUT2D eigenvalue weighted by molar-refractivity contribution is -0.113. The maximum absolute atomic E-state index is 12.7. The lowest BCUT2D eigenvalue weighted by atomic mass is 10.0. The number of aromatic nitrogens is 3. The first kappa shape index (κ1) is 25.6. The summed E-state index contributed by atoms with van der Waals surface area (Å²) in [4.78, 5) is 12.7. The van der Waals surface area contributed by atoms with Crippen molar-refractivity contribution < 1.29 is 9.53 Å². The number of rotatable bonds is 11. The highest BCUT2D eigenvalue weighted by molar-refractivity contribution is 7.99. The van der Waals surface area contributed by atoms with Gasteiger partial charge in [-0.25, -0.2) is 0 Å². The van der Waals surface area contributed by atoms with Crippen LogP contribution in [0.5, 0.6) is 5.75 Å². The van der Waals surface area contributed by atoms with E-state index in [1.807, 2.05) is 29.7 Å². The van der Waals surface area contributed by atoms with E-state index in [1.165, 1.54) is 11.8 Å². The van der Waals surface area contributed by atoms with Crippen LogP contribution in [0.2, 0.25) is 0 Å².